The van der Waals surface area contributed by atoms with Gasteiger partial charge >= 0.3 is 11.9 Å². The third kappa shape index (κ3) is 6.99. The van der Waals surface area contributed by atoms with Gasteiger partial charge in [0.15, 0.2) is 17.7 Å². The third-order valence-corrected chi connectivity index (χ3v) is 6.15. The summed E-state index contributed by atoms with van der Waals surface area (Å²) in [5.41, 5.74) is 0.507. The lowest BCUT2D eigenvalue weighted by Crippen LogP contribution is -2.28. The smallest absolute Gasteiger partial charge is 0.346 e. The monoisotopic (exact) mass is 492 g/mol. The number of rotatable bonds is 10. The van der Waals surface area contributed by atoms with Crippen molar-refractivity contribution in [2.24, 2.45) is 0 Å². The Bertz CT molecular complexity index is 1000. The molecule has 0 heterocycles. The number of esters is 2. The first-order valence-electron chi connectivity index (χ1n) is 12.1. The molecule has 0 N–H and O–H groups in total. The summed E-state index contributed by atoms with van der Waals surface area (Å²) in [6.45, 7) is 3.74. The molecule has 2 aromatic rings. The molecule has 2 aromatic carbocycles. The maximum absolute atomic E-state index is 14.2. The molecule has 1 atom stereocenters. The molecule has 35 heavy (non-hydrogen) atoms. The second kappa shape index (κ2) is 12.6. The molecule has 8 heteroatoms. The van der Waals surface area contributed by atoms with Crippen LogP contribution >= 0.6 is 0 Å². The zero-order chi connectivity index (χ0) is 25.4. The summed E-state index contributed by atoms with van der Waals surface area (Å²) in [6.07, 6.45) is 2.69. The van der Waals surface area contributed by atoms with Gasteiger partial charge in [-0.15, -0.1) is 0 Å². The van der Waals surface area contributed by atoms with Crippen LogP contribution in [0.2, 0.25) is 0 Å². The maximum Gasteiger partial charge on any atom is 0.346 e. The van der Waals surface area contributed by atoms with Crippen LogP contribution in [-0.2, 0) is 9.53 Å². The highest BCUT2D eigenvalue weighted by atomic mass is 19.2. The van der Waals surface area contributed by atoms with Crippen molar-refractivity contribution in [1.29, 1.82) is 0 Å². The van der Waals surface area contributed by atoms with Crippen LogP contribution in [0, 0.1) is 11.6 Å². The Morgan fingerprint density at radius 1 is 0.971 bits per heavy atom. The lowest BCUT2D eigenvalue weighted by Gasteiger charge is -2.29. The van der Waals surface area contributed by atoms with E-state index in [2.05, 4.69) is 0 Å². The van der Waals surface area contributed by atoms with Gasteiger partial charge < -0.3 is 14.2 Å². The average molecular weight is 493 g/mol. The lowest BCUT2D eigenvalue weighted by molar-refractivity contribution is -0.157. The molecular weight excluding hydrogens is 461 g/mol. The Morgan fingerprint density at radius 2 is 1.66 bits per heavy atom. The van der Waals surface area contributed by atoms with Gasteiger partial charge in [-0.2, -0.15) is 4.39 Å². The number of hydrogen-bond acceptors (Lipinski definition) is 5. The highest BCUT2D eigenvalue weighted by Crippen LogP contribution is 2.35. The fourth-order valence-electron chi connectivity index (χ4n) is 4.18. The quantitative estimate of drug-likeness (QED) is 0.273. The number of hydrogen-bond donors (Lipinski definition) is 0. The van der Waals surface area contributed by atoms with Gasteiger partial charge in [-0.25, -0.2) is 18.4 Å². The minimum atomic E-state index is -1.56. The van der Waals surface area contributed by atoms with Crippen LogP contribution in [0.25, 0.3) is 0 Å². The van der Waals surface area contributed by atoms with Crippen LogP contribution in [-0.4, -0.2) is 30.8 Å². The topological polar surface area (TPSA) is 61.8 Å². The lowest BCUT2D eigenvalue weighted by atomic mass is 9.83. The summed E-state index contributed by atoms with van der Waals surface area (Å²) in [5.74, 6) is -4.16. The summed E-state index contributed by atoms with van der Waals surface area (Å²) in [7, 11) is 0. The van der Waals surface area contributed by atoms with Crippen molar-refractivity contribution in [2.75, 3.05) is 6.61 Å². The first kappa shape index (κ1) is 26.6. The van der Waals surface area contributed by atoms with E-state index in [-0.39, 0.29) is 36.5 Å². The van der Waals surface area contributed by atoms with Gasteiger partial charge in [-0.1, -0.05) is 31.9 Å². The number of carbonyl (C=O) groups excluding carboxylic acids is 2. The van der Waals surface area contributed by atoms with E-state index in [1.165, 1.54) is 6.07 Å². The van der Waals surface area contributed by atoms with Crippen LogP contribution in [0.15, 0.2) is 36.4 Å². The largest absolute Gasteiger partial charge is 0.491 e. The Kier molecular flexibility index (Phi) is 9.57. The standard InChI is InChI=1S/C27H31F3O5/c1-3-5-6-22(28)27(32)35-20-13-9-18(10-14-20)17-7-11-19(12-8-17)34-26(31)21-15-16-23(33-4-2)25(30)24(21)29/h7-8,11-12,15-16,18,20,22H,3-6,9-10,13-14H2,1-2H3/t18-,20-,22-/m0/s1. The van der Waals surface area contributed by atoms with Crippen molar-refractivity contribution in [3.63, 3.8) is 0 Å². The van der Waals surface area contributed by atoms with Crippen LogP contribution in [0.3, 0.4) is 0 Å². The second-order valence-corrected chi connectivity index (χ2v) is 8.65. The third-order valence-electron chi connectivity index (χ3n) is 6.15. The van der Waals surface area contributed by atoms with E-state index in [9.17, 15) is 22.8 Å². The molecule has 5 nitrogen and oxygen atoms in total. The molecule has 1 aliphatic carbocycles. The average Bonchev–Trinajstić information content (AvgIpc) is 2.86. The van der Waals surface area contributed by atoms with E-state index in [1.807, 2.05) is 19.1 Å². The normalized spacial score (nSPS) is 18.5. The predicted molar refractivity (Wildman–Crippen MR) is 124 cm³/mol. The summed E-state index contributed by atoms with van der Waals surface area (Å²) in [6, 6.07) is 9.15. The molecule has 0 aromatic heterocycles. The SMILES string of the molecule is CCCC[C@H](F)C(=O)O[C@H]1CC[C@H](c2ccc(OC(=O)c3ccc(OCC)c(F)c3F)cc2)CC1. The molecule has 3 rings (SSSR count). The highest BCUT2D eigenvalue weighted by Gasteiger charge is 2.28. The van der Waals surface area contributed by atoms with Crippen LogP contribution < -0.4 is 9.47 Å². The van der Waals surface area contributed by atoms with Gasteiger partial charge in [0, 0.05) is 0 Å². The zero-order valence-corrected chi connectivity index (χ0v) is 20.0. The fourth-order valence-corrected chi connectivity index (χ4v) is 4.18. The molecule has 190 valence electrons. The van der Waals surface area contributed by atoms with Crippen molar-refractivity contribution in [2.45, 2.75) is 77.0 Å². The van der Waals surface area contributed by atoms with Crippen molar-refractivity contribution in [3.8, 4) is 11.5 Å². The summed E-state index contributed by atoms with van der Waals surface area (Å²) >= 11 is 0. The number of unbranched alkanes of at least 4 members (excludes halogenated alkanes) is 1. The minimum Gasteiger partial charge on any atom is -0.491 e. The predicted octanol–water partition coefficient (Wildman–Crippen LogP) is 6.68. The molecule has 0 aliphatic heterocycles. The van der Waals surface area contributed by atoms with Gasteiger partial charge in [0.1, 0.15) is 11.9 Å². The Morgan fingerprint density at radius 3 is 2.29 bits per heavy atom. The van der Waals surface area contributed by atoms with Crippen molar-refractivity contribution < 1.29 is 37.0 Å². The molecule has 0 spiro atoms. The van der Waals surface area contributed by atoms with Gasteiger partial charge in [-0.05, 0) is 74.8 Å². The molecule has 1 saturated carbocycles. The summed E-state index contributed by atoms with van der Waals surface area (Å²) < 4.78 is 57.7. The van der Waals surface area contributed by atoms with E-state index in [0.29, 0.717) is 19.3 Å². The Hall–Kier alpha value is -3.03. The number of carbonyl (C=O) groups is 2. The number of benzene rings is 2. The second-order valence-electron chi connectivity index (χ2n) is 8.65. The molecule has 1 aliphatic rings. The molecule has 0 amide bonds. The van der Waals surface area contributed by atoms with Gasteiger partial charge in [0.2, 0.25) is 5.82 Å². The number of alkyl halides is 1. The molecule has 1 fully saturated rings. The van der Waals surface area contributed by atoms with Crippen molar-refractivity contribution in [1.82, 2.24) is 0 Å². The fraction of sp³-hybridized carbons (Fsp3) is 0.481. The number of ether oxygens (including phenoxy) is 3. The molecular formula is C27H31F3O5. The van der Waals surface area contributed by atoms with Crippen LogP contribution in [0.1, 0.15) is 80.6 Å². The van der Waals surface area contributed by atoms with Gasteiger partial charge in [0.25, 0.3) is 0 Å². The first-order valence-corrected chi connectivity index (χ1v) is 12.1. The molecule has 0 saturated heterocycles. The van der Waals surface area contributed by atoms with Gasteiger partial charge in [-0.3, -0.25) is 0 Å². The summed E-state index contributed by atoms with van der Waals surface area (Å²) in [5, 5.41) is 0. The van der Waals surface area contributed by atoms with E-state index in [4.69, 9.17) is 14.2 Å². The minimum absolute atomic E-state index is 0.163. The first-order chi connectivity index (χ1) is 16.8. The van der Waals surface area contributed by atoms with Gasteiger partial charge in [0.05, 0.1) is 12.2 Å². The molecule has 0 unspecified atom stereocenters. The molecule has 0 radical (unpaired) electrons. The van der Waals surface area contributed by atoms with E-state index in [0.717, 1.165) is 30.9 Å². The Labute approximate surface area is 203 Å². The van der Waals surface area contributed by atoms with E-state index >= 15 is 0 Å². The Balaban J connectivity index is 1.52. The highest BCUT2D eigenvalue weighted by molar-refractivity contribution is 5.91. The summed E-state index contributed by atoms with van der Waals surface area (Å²) in [4.78, 5) is 24.2. The van der Waals surface area contributed by atoms with Crippen molar-refractivity contribution >= 4 is 11.9 Å². The zero-order valence-electron chi connectivity index (χ0n) is 20.0. The van der Waals surface area contributed by atoms with Crippen LogP contribution in [0.4, 0.5) is 13.2 Å². The van der Waals surface area contributed by atoms with Crippen molar-refractivity contribution in [3.05, 3.63) is 59.2 Å². The molecule has 0 bridgehead atoms. The maximum atomic E-state index is 14.2. The number of halogens is 3. The van der Waals surface area contributed by atoms with Crippen LogP contribution in [0.5, 0.6) is 11.5 Å². The van der Waals surface area contributed by atoms with E-state index < -0.39 is 35.3 Å². The van der Waals surface area contributed by atoms with E-state index in [1.54, 1.807) is 19.1 Å².